The molecule has 0 saturated heterocycles. The average molecular weight is 230 g/mol. The molecule has 0 radical (unpaired) electrons. The Labute approximate surface area is 92.8 Å². The van der Waals surface area contributed by atoms with E-state index in [2.05, 4.69) is 5.32 Å². The minimum Gasteiger partial charge on any atom is -0.504 e. The van der Waals surface area contributed by atoms with Gasteiger partial charge in [0.1, 0.15) is 12.5 Å². The SMILES string of the molecule is O=C(CCl)NCCOc1ccccc1O. The van der Waals surface area contributed by atoms with E-state index in [1.54, 1.807) is 18.2 Å². The maximum absolute atomic E-state index is 10.7. The van der Waals surface area contributed by atoms with Gasteiger partial charge in [-0.3, -0.25) is 4.79 Å². The van der Waals surface area contributed by atoms with Gasteiger partial charge in [0.05, 0.1) is 6.54 Å². The van der Waals surface area contributed by atoms with E-state index in [1.165, 1.54) is 6.07 Å². The second kappa shape index (κ2) is 6.14. The van der Waals surface area contributed by atoms with Gasteiger partial charge >= 0.3 is 0 Å². The van der Waals surface area contributed by atoms with Crippen molar-refractivity contribution in [3.63, 3.8) is 0 Å². The highest BCUT2D eigenvalue weighted by atomic mass is 35.5. The highest BCUT2D eigenvalue weighted by Gasteiger charge is 2.00. The van der Waals surface area contributed by atoms with Crippen LogP contribution in [0.1, 0.15) is 0 Å². The van der Waals surface area contributed by atoms with Crippen LogP contribution < -0.4 is 10.1 Å². The topological polar surface area (TPSA) is 58.6 Å². The second-order valence-corrected chi connectivity index (χ2v) is 3.07. The van der Waals surface area contributed by atoms with Crippen molar-refractivity contribution in [1.29, 1.82) is 0 Å². The summed E-state index contributed by atoms with van der Waals surface area (Å²) >= 11 is 5.28. The van der Waals surface area contributed by atoms with Crippen molar-refractivity contribution in [2.24, 2.45) is 0 Å². The number of ether oxygens (including phenoxy) is 1. The Kier molecular flexibility index (Phi) is 4.77. The Morgan fingerprint density at radius 1 is 1.47 bits per heavy atom. The van der Waals surface area contributed by atoms with Crippen LogP contribution in [0.3, 0.4) is 0 Å². The fourth-order valence-corrected chi connectivity index (χ4v) is 1.07. The van der Waals surface area contributed by atoms with Crippen molar-refractivity contribution >= 4 is 17.5 Å². The standard InChI is InChI=1S/C10H12ClNO3/c11-7-10(14)12-5-6-15-9-4-2-1-3-8(9)13/h1-4,13H,5-7H2,(H,12,14). The zero-order chi connectivity index (χ0) is 11.1. The first-order valence-electron chi connectivity index (χ1n) is 4.47. The molecule has 0 spiro atoms. The molecule has 4 nitrogen and oxygen atoms in total. The van der Waals surface area contributed by atoms with Gasteiger partial charge in [-0.2, -0.15) is 0 Å². The van der Waals surface area contributed by atoms with Crippen LogP contribution in [0, 0.1) is 0 Å². The molecule has 0 fully saturated rings. The van der Waals surface area contributed by atoms with E-state index < -0.39 is 0 Å². The van der Waals surface area contributed by atoms with Crippen LogP contribution in [0.25, 0.3) is 0 Å². The number of aromatic hydroxyl groups is 1. The van der Waals surface area contributed by atoms with Gasteiger partial charge in [0.15, 0.2) is 11.5 Å². The molecule has 1 aromatic rings. The number of phenolic OH excluding ortho intramolecular Hbond substituents is 1. The zero-order valence-electron chi connectivity index (χ0n) is 8.07. The van der Waals surface area contributed by atoms with E-state index in [-0.39, 0.29) is 17.5 Å². The molecule has 2 N–H and O–H groups in total. The molecule has 1 aromatic carbocycles. The van der Waals surface area contributed by atoms with E-state index in [1.807, 2.05) is 0 Å². The van der Waals surface area contributed by atoms with Crippen molar-refractivity contribution in [1.82, 2.24) is 5.32 Å². The van der Waals surface area contributed by atoms with Gasteiger partial charge in [-0.25, -0.2) is 0 Å². The predicted octanol–water partition coefficient (Wildman–Crippen LogP) is 1.13. The number of hydrogen-bond donors (Lipinski definition) is 2. The Balaban J connectivity index is 2.26. The second-order valence-electron chi connectivity index (χ2n) is 2.80. The molecule has 0 atom stereocenters. The van der Waals surface area contributed by atoms with Crippen LogP contribution in [0.15, 0.2) is 24.3 Å². The first kappa shape index (κ1) is 11.7. The van der Waals surface area contributed by atoms with Crippen molar-refractivity contribution < 1.29 is 14.6 Å². The molecule has 82 valence electrons. The fraction of sp³-hybridized carbons (Fsp3) is 0.300. The summed E-state index contributed by atoms with van der Waals surface area (Å²) in [5.74, 6) is 0.188. The van der Waals surface area contributed by atoms with Crippen molar-refractivity contribution in [2.75, 3.05) is 19.0 Å². The minimum atomic E-state index is -0.238. The third-order valence-corrected chi connectivity index (χ3v) is 1.91. The number of amides is 1. The highest BCUT2D eigenvalue weighted by molar-refractivity contribution is 6.27. The lowest BCUT2D eigenvalue weighted by Gasteiger charge is -2.07. The average Bonchev–Trinajstić information content (AvgIpc) is 2.26. The van der Waals surface area contributed by atoms with Gasteiger partial charge in [-0.1, -0.05) is 12.1 Å². The van der Waals surface area contributed by atoms with Crippen molar-refractivity contribution in [3.05, 3.63) is 24.3 Å². The van der Waals surface area contributed by atoms with Crippen molar-refractivity contribution in [3.8, 4) is 11.5 Å². The molecule has 5 heteroatoms. The van der Waals surface area contributed by atoms with Crippen LogP contribution >= 0.6 is 11.6 Å². The Hall–Kier alpha value is -1.42. The molecular weight excluding hydrogens is 218 g/mol. The summed E-state index contributed by atoms with van der Waals surface area (Å²) in [6, 6.07) is 6.65. The molecule has 0 aliphatic rings. The third kappa shape index (κ3) is 4.08. The number of halogens is 1. The number of para-hydroxylation sites is 2. The number of alkyl halides is 1. The molecular formula is C10H12ClNO3. The molecule has 15 heavy (non-hydrogen) atoms. The lowest BCUT2D eigenvalue weighted by Crippen LogP contribution is -2.28. The van der Waals surface area contributed by atoms with Crippen LogP contribution in [-0.4, -0.2) is 30.0 Å². The Bertz CT molecular complexity index is 330. The Morgan fingerprint density at radius 3 is 2.87 bits per heavy atom. The largest absolute Gasteiger partial charge is 0.504 e. The van der Waals surface area contributed by atoms with Gasteiger partial charge in [0.25, 0.3) is 0 Å². The van der Waals surface area contributed by atoms with Crippen LogP contribution in [0.2, 0.25) is 0 Å². The van der Waals surface area contributed by atoms with Crippen LogP contribution in [-0.2, 0) is 4.79 Å². The number of rotatable bonds is 5. The monoisotopic (exact) mass is 229 g/mol. The summed E-state index contributed by atoms with van der Waals surface area (Å²) in [5.41, 5.74) is 0. The fourth-order valence-electron chi connectivity index (χ4n) is 0.978. The number of hydrogen-bond acceptors (Lipinski definition) is 3. The van der Waals surface area contributed by atoms with E-state index in [0.29, 0.717) is 18.9 Å². The van der Waals surface area contributed by atoms with Crippen LogP contribution in [0.5, 0.6) is 11.5 Å². The summed E-state index contributed by atoms with van der Waals surface area (Å²) in [6.07, 6.45) is 0. The van der Waals surface area contributed by atoms with Crippen LogP contribution in [0.4, 0.5) is 0 Å². The summed E-state index contributed by atoms with van der Waals surface area (Å²) < 4.78 is 5.22. The van der Waals surface area contributed by atoms with Gasteiger partial charge in [-0.15, -0.1) is 11.6 Å². The number of benzene rings is 1. The quantitative estimate of drug-likeness (QED) is 0.588. The van der Waals surface area contributed by atoms with Gasteiger partial charge in [0.2, 0.25) is 5.91 Å². The minimum absolute atomic E-state index is 0.0589. The number of carbonyl (C=O) groups excluding carboxylic acids is 1. The van der Waals surface area contributed by atoms with E-state index in [0.717, 1.165) is 0 Å². The molecule has 0 bridgehead atoms. The highest BCUT2D eigenvalue weighted by Crippen LogP contribution is 2.23. The molecule has 0 saturated carbocycles. The molecule has 0 unspecified atom stereocenters. The number of nitrogens with one attached hydrogen (secondary N) is 1. The third-order valence-electron chi connectivity index (χ3n) is 1.67. The van der Waals surface area contributed by atoms with E-state index in [4.69, 9.17) is 16.3 Å². The molecule has 0 aromatic heterocycles. The smallest absolute Gasteiger partial charge is 0.235 e. The van der Waals surface area contributed by atoms with Gasteiger partial charge < -0.3 is 15.2 Å². The molecule has 0 aliphatic carbocycles. The van der Waals surface area contributed by atoms with Crippen molar-refractivity contribution in [2.45, 2.75) is 0 Å². The number of phenols is 1. The first-order chi connectivity index (χ1) is 7.24. The maximum atomic E-state index is 10.7. The van der Waals surface area contributed by atoms with Gasteiger partial charge in [0, 0.05) is 0 Å². The zero-order valence-corrected chi connectivity index (χ0v) is 8.83. The lowest BCUT2D eigenvalue weighted by molar-refractivity contribution is -0.118. The number of carbonyl (C=O) groups is 1. The molecule has 1 amide bonds. The summed E-state index contributed by atoms with van der Waals surface area (Å²) in [5, 5.41) is 11.9. The van der Waals surface area contributed by atoms with Gasteiger partial charge in [-0.05, 0) is 12.1 Å². The summed E-state index contributed by atoms with van der Waals surface area (Å²) in [6.45, 7) is 0.653. The summed E-state index contributed by atoms with van der Waals surface area (Å²) in [7, 11) is 0. The molecule has 0 aliphatic heterocycles. The normalized spacial score (nSPS) is 9.67. The first-order valence-corrected chi connectivity index (χ1v) is 5.01. The lowest BCUT2D eigenvalue weighted by atomic mass is 10.3. The van der Waals surface area contributed by atoms with E-state index >= 15 is 0 Å². The van der Waals surface area contributed by atoms with E-state index in [9.17, 15) is 9.90 Å². The Morgan fingerprint density at radius 2 is 2.20 bits per heavy atom. The molecule has 1 rings (SSSR count). The molecule has 0 heterocycles. The maximum Gasteiger partial charge on any atom is 0.235 e. The predicted molar refractivity (Wildman–Crippen MR) is 57.3 cm³/mol. The summed E-state index contributed by atoms with van der Waals surface area (Å²) in [4.78, 5) is 10.7.